The highest BCUT2D eigenvalue weighted by molar-refractivity contribution is 5.79. The topological polar surface area (TPSA) is 57.4 Å². The van der Waals surface area contributed by atoms with Crippen LogP contribution in [0.3, 0.4) is 0 Å². The van der Waals surface area contributed by atoms with Crippen LogP contribution in [0.5, 0.6) is 5.75 Å². The Labute approximate surface area is 106 Å². The molecular weight excluding hydrogens is 228 g/mol. The van der Waals surface area contributed by atoms with Crippen molar-refractivity contribution in [3.8, 4) is 5.75 Å². The summed E-state index contributed by atoms with van der Waals surface area (Å²) in [4.78, 5) is 4.37. The highest BCUT2D eigenvalue weighted by Crippen LogP contribution is 2.28. The predicted molar refractivity (Wildman–Crippen MR) is 69.5 cm³/mol. The normalized spacial score (nSPS) is 26.9. The van der Waals surface area contributed by atoms with Crippen LogP contribution in [0.1, 0.15) is 6.42 Å². The molecule has 2 aromatic rings. The van der Waals surface area contributed by atoms with Crippen LogP contribution in [0.2, 0.25) is 0 Å². The maximum absolute atomic E-state index is 5.86. The standard InChI is InChI=1S/C14H16N2O2/c1-17-14-11(15)7-13(14)18-10-6-9-4-2-3-5-12(9)16-8-10/h2-6,8,11,13-14H,7,15H2,1H3. The monoisotopic (exact) mass is 244 g/mol. The van der Waals surface area contributed by atoms with Gasteiger partial charge in [0, 0.05) is 25.0 Å². The number of rotatable bonds is 3. The number of methoxy groups -OCH3 is 1. The van der Waals surface area contributed by atoms with Crippen LogP contribution in [0.25, 0.3) is 10.9 Å². The minimum atomic E-state index is -0.0172. The summed E-state index contributed by atoms with van der Waals surface area (Å²) in [6.45, 7) is 0. The first kappa shape index (κ1) is 11.4. The van der Waals surface area contributed by atoms with E-state index in [4.69, 9.17) is 15.2 Å². The van der Waals surface area contributed by atoms with Crippen molar-refractivity contribution in [1.29, 1.82) is 0 Å². The third-order valence-electron chi connectivity index (χ3n) is 3.42. The van der Waals surface area contributed by atoms with Crippen LogP contribution >= 0.6 is 0 Å². The van der Waals surface area contributed by atoms with Crippen molar-refractivity contribution >= 4 is 10.9 Å². The van der Waals surface area contributed by atoms with Crippen molar-refractivity contribution in [2.24, 2.45) is 5.73 Å². The number of para-hydroxylation sites is 1. The molecule has 1 aromatic carbocycles. The summed E-state index contributed by atoms with van der Waals surface area (Å²) in [7, 11) is 1.67. The van der Waals surface area contributed by atoms with Gasteiger partial charge in [0.25, 0.3) is 0 Å². The van der Waals surface area contributed by atoms with E-state index in [2.05, 4.69) is 4.98 Å². The van der Waals surface area contributed by atoms with Crippen molar-refractivity contribution in [2.45, 2.75) is 24.7 Å². The molecule has 3 rings (SSSR count). The Morgan fingerprint density at radius 1 is 1.33 bits per heavy atom. The Bertz CT molecular complexity index is 558. The van der Waals surface area contributed by atoms with Gasteiger partial charge in [-0.3, -0.25) is 4.98 Å². The van der Waals surface area contributed by atoms with Crippen LogP contribution in [0.15, 0.2) is 36.5 Å². The molecule has 1 heterocycles. The van der Waals surface area contributed by atoms with Gasteiger partial charge in [-0.15, -0.1) is 0 Å². The summed E-state index contributed by atoms with van der Waals surface area (Å²) >= 11 is 0. The quantitative estimate of drug-likeness (QED) is 0.893. The zero-order chi connectivity index (χ0) is 12.5. The number of nitrogens with zero attached hydrogens (tertiary/aromatic N) is 1. The fraction of sp³-hybridized carbons (Fsp3) is 0.357. The van der Waals surface area contributed by atoms with Gasteiger partial charge in [-0.2, -0.15) is 0 Å². The Hall–Kier alpha value is -1.65. The molecule has 3 atom stereocenters. The molecule has 4 heteroatoms. The van der Waals surface area contributed by atoms with Gasteiger partial charge in [0.05, 0.1) is 11.7 Å². The van der Waals surface area contributed by atoms with E-state index in [1.54, 1.807) is 13.3 Å². The van der Waals surface area contributed by atoms with E-state index in [-0.39, 0.29) is 18.2 Å². The van der Waals surface area contributed by atoms with Gasteiger partial charge in [0.1, 0.15) is 18.0 Å². The summed E-state index contributed by atoms with van der Waals surface area (Å²) in [5, 5.41) is 1.08. The lowest BCUT2D eigenvalue weighted by atomic mass is 9.86. The van der Waals surface area contributed by atoms with Crippen LogP contribution in [-0.4, -0.2) is 30.3 Å². The molecule has 0 saturated heterocycles. The first-order valence-electron chi connectivity index (χ1n) is 6.08. The molecule has 1 aromatic heterocycles. The lowest BCUT2D eigenvalue weighted by Crippen LogP contribution is -2.59. The van der Waals surface area contributed by atoms with Crippen LogP contribution in [-0.2, 0) is 4.74 Å². The fourth-order valence-electron chi connectivity index (χ4n) is 2.35. The number of hydrogen-bond acceptors (Lipinski definition) is 4. The largest absolute Gasteiger partial charge is 0.486 e. The highest BCUT2D eigenvalue weighted by Gasteiger charge is 2.40. The average molecular weight is 244 g/mol. The molecular formula is C14H16N2O2. The maximum Gasteiger partial charge on any atom is 0.138 e. The molecule has 2 N–H and O–H groups in total. The molecule has 0 amide bonds. The Morgan fingerprint density at radius 2 is 2.17 bits per heavy atom. The van der Waals surface area contributed by atoms with E-state index in [0.717, 1.165) is 23.1 Å². The summed E-state index contributed by atoms with van der Waals surface area (Å²) in [5.74, 6) is 0.771. The van der Waals surface area contributed by atoms with Crippen molar-refractivity contribution in [1.82, 2.24) is 4.98 Å². The fourth-order valence-corrected chi connectivity index (χ4v) is 2.35. The molecule has 1 saturated carbocycles. The van der Waals surface area contributed by atoms with Gasteiger partial charge in [-0.25, -0.2) is 0 Å². The maximum atomic E-state index is 5.86. The molecule has 4 nitrogen and oxygen atoms in total. The molecule has 94 valence electrons. The minimum absolute atomic E-state index is 0.0172. The van der Waals surface area contributed by atoms with E-state index in [1.807, 2.05) is 30.3 Å². The van der Waals surface area contributed by atoms with Gasteiger partial charge < -0.3 is 15.2 Å². The first-order valence-corrected chi connectivity index (χ1v) is 6.08. The number of hydrogen-bond donors (Lipinski definition) is 1. The molecule has 0 radical (unpaired) electrons. The number of nitrogens with two attached hydrogens (primary N) is 1. The second-order valence-corrected chi connectivity index (χ2v) is 4.62. The van der Waals surface area contributed by atoms with Crippen LogP contribution in [0.4, 0.5) is 0 Å². The molecule has 0 aliphatic heterocycles. The second kappa shape index (κ2) is 4.55. The van der Waals surface area contributed by atoms with Gasteiger partial charge in [0.15, 0.2) is 0 Å². The molecule has 1 aliphatic carbocycles. The van der Waals surface area contributed by atoms with E-state index in [9.17, 15) is 0 Å². The Kier molecular flexibility index (Phi) is 2.89. The Balaban J connectivity index is 1.79. The Morgan fingerprint density at radius 3 is 2.94 bits per heavy atom. The smallest absolute Gasteiger partial charge is 0.138 e. The summed E-state index contributed by atoms with van der Waals surface area (Å²) in [6.07, 6.45) is 2.59. The third kappa shape index (κ3) is 1.94. The number of fused-ring (bicyclic) bond motifs is 1. The van der Waals surface area contributed by atoms with E-state index >= 15 is 0 Å². The van der Waals surface area contributed by atoms with Crippen molar-refractivity contribution in [2.75, 3.05) is 7.11 Å². The van der Waals surface area contributed by atoms with Gasteiger partial charge in [0.2, 0.25) is 0 Å². The molecule has 0 bridgehead atoms. The lowest BCUT2D eigenvalue weighted by molar-refractivity contribution is -0.0782. The van der Waals surface area contributed by atoms with Crippen molar-refractivity contribution < 1.29 is 9.47 Å². The number of benzene rings is 1. The van der Waals surface area contributed by atoms with Crippen molar-refractivity contribution in [3.63, 3.8) is 0 Å². The molecule has 1 aliphatic rings. The first-order chi connectivity index (χ1) is 8.78. The third-order valence-corrected chi connectivity index (χ3v) is 3.42. The molecule has 18 heavy (non-hydrogen) atoms. The molecule has 3 unspecified atom stereocenters. The molecule has 1 fully saturated rings. The van der Waals surface area contributed by atoms with E-state index in [1.165, 1.54) is 0 Å². The predicted octanol–water partition coefficient (Wildman–Crippen LogP) is 1.73. The number of aromatic nitrogens is 1. The average Bonchev–Trinajstić information content (AvgIpc) is 2.38. The zero-order valence-corrected chi connectivity index (χ0v) is 10.2. The summed E-state index contributed by atoms with van der Waals surface area (Å²) in [5.41, 5.74) is 6.82. The molecule has 0 spiro atoms. The number of ether oxygens (including phenoxy) is 2. The van der Waals surface area contributed by atoms with Crippen LogP contribution < -0.4 is 10.5 Å². The van der Waals surface area contributed by atoms with Gasteiger partial charge in [-0.05, 0) is 12.1 Å². The summed E-state index contributed by atoms with van der Waals surface area (Å²) < 4.78 is 11.2. The van der Waals surface area contributed by atoms with Crippen LogP contribution in [0, 0.1) is 0 Å². The second-order valence-electron chi connectivity index (χ2n) is 4.62. The minimum Gasteiger partial charge on any atom is -0.486 e. The van der Waals surface area contributed by atoms with Gasteiger partial charge >= 0.3 is 0 Å². The van der Waals surface area contributed by atoms with Crippen molar-refractivity contribution in [3.05, 3.63) is 36.5 Å². The lowest BCUT2D eigenvalue weighted by Gasteiger charge is -2.40. The number of pyridine rings is 1. The van der Waals surface area contributed by atoms with E-state index in [0.29, 0.717) is 0 Å². The highest BCUT2D eigenvalue weighted by atomic mass is 16.5. The summed E-state index contributed by atoms with van der Waals surface area (Å²) in [6, 6.07) is 10.0. The SMILES string of the molecule is COC1C(N)CC1Oc1cnc2ccccc2c1. The van der Waals surface area contributed by atoms with E-state index < -0.39 is 0 Å². The zero-order valence-electron chi connectivity index (χ0n) is 10.2. The van der Waals surface area contributed by atoms with Gasteiger partial charge in [-0.1, -0.05) is 18.2 Å².